The van der Waals surface area contributed by atoms with E-state index >= 15 is 0 Å². The molecule has 84 valence electrons. The second-order valence-electron chi connectivity index (χ2n) is 3.96. The summed E-state index contributed by atoms with van der Waals surface area (Å²) in [4.78, 5) is 6.79. The lowest BCUT2D eigenvalue weighted by atomic mass is 10.2. The quantitative estimate of drug-likeness (QED) is 0.819. The van der Waals surface area contributed by atoms with Crippen LogP contribution in [0.1, 0.15) is 12.6 Å². The van der Waals surface area contributed by atoms with Crippen LogP contribution in [0.3, 0.4) is 0 Å². The smallest absolute Gasteiger partial charge is 0.185 e. The van der Waals surface area contributed by atoms with Crippen LogP contribution in [0.4, 0.5) is 5.13 Å². The summed E-state index contributed by atoms with van der Waals surface area (Å²) in [6, 6.07) is 0.387. The third-order valence-corrected chi connectivity index (χ3v) is 3.62. The molecule has 1 fully saturated rings. The minimum Gasteiger partial charge on any atom is -0.373 e. The fourth-order valence-electron chi connectivity index (χ4n) is 1.70. The van der Waals surface area contributed by atoms with Crippen LogP contribution in [-0.4, -0.2) is 36.8 Å². The lowest BCUT2D eigenvalue weighted by Gasteiger charge is -2.37. The highest BCUT2D eigenvalue weighted by Gasteiger charge is 2.26. The fourth-order valence-corrected chi connectivity index (χ4v) is 2.62. The summed E-state index contributed by atoms with van der Waals surface area (Å²) >= 11 is 1.69. The van der Waals surface area contributed by atoms with Gasteiger partial charge in [0.05, 0.1) is 24.4 Å². The summed E-state index contributed by atoms with van der Waals surface area (Å²) < 4.78 is 5.61. The molecule has 0 spiro atoms. The summed E-state index contributed by atoms with van der Waals surface area (Å²) in [5.74, 6) is 0. The molecule has 5 heteroatoms. The van der Waals surface area contributed by atoms with Gasteiger partial charge < -0.3 is 15.4 Å². The minimum atomic E-state index is 0.144. The van der Waals surface area contributed by atoms with E-state index in [1.807, 2.05) is 6.92 Å². The molecule has 1 aliphatic heterocycles. The number of hydrogen-bond acceptors (Lipinski definition) is 5. The number of nitrogens with zero attached hydrogens (tertiary/aromatic N) is 2. The Morgan fingerprint density at radius 3 is 3.13 bits per heavy atom. The van der Waals surface area contributed by atoms with Crippen LogP contribution in [0, 0.1) is 6.92 Å². The van der Waals surface area contributed by atoms with E-state index in [0.717, 1.165) is 24.0 Å². The van der Waals surface area contributed by atoms with Gasteiger partial charge in [0.1, 0.15) is 0 Å². The second kappa shape index (κ2) is 4.47. The van der Waals surface area contributed by atoms with Crippen molar-refractivity contribution in [2.45, 2.75) is 26.0 Å². The Bertz CT molecular complexity index is 328. The topological polar surface area (TPSA) is 51.4 Å². The lowest BCUT2D eigenvalue weighted by Crippen LogP contribution is -2.50. The molecule has 0 aromatic carbocycles. The molecule has 2 unspecified atom stereocenters. The largest absolute Gasteiger partial charge is 0.373 e. The van der Waals surface area contributed by atoms with Gasteiger partial charge in [-0.05, 0) is 13.8 Å². The molecule has 0 radical (unpaired) electrons. The van der Waals surface area contributed by atoms with Gasteiger partial charge in [-0.2, -0.15) is 0 Å². The number of aromatic nitrogens is 1. The Kier molecular flexibility index (Phi) is 3.23. The Hall–Kier alpha value is -0.650. The molecular weight excluding hydrogens is 210 g/mol. The predicted molar refractivity (Wildman–Crippen MR) is 62.5 cm³/mol. The van der Waals surface area contributed by atoms with Crippen molar-refractivity contribution >= 4 is 16.5 Å². The van der Waals surface area contributed by atoms with E-state index in [9.17, 15) is 0 Å². The molecule has 2 rings (SSSR count). The van der Waals surface area contributed by atoms with Crippen LogP contribution in [0.25, 0.3) is 0 Å². The number of rotatable bonds is 2. The molecule has 0 saturated carbocycles. The molecule has 1 saturated heterocycles. The molecule has 15 heavy (non-hydrogen) atoms. The van der Waals surface area contributed by atoms with Gasteiger partial charge >= 0.3 is 0 Å². The Labute approximate surface area is 94.1 Å². The van der Waals surface area contributed by atoms with E-state index in [1.165, 1.54) is 0 Å². The number of anilines is 1. The maximum atomic E-state index is 5.63. The minimum absolute atomic E-state index is 0.144. The van der Waals surface area contributed by atoms with Crippen molar-refractivity contribution in [2.24, 2.45) is 5.73 Å². The fraction of sp³-hybridized carbons (Fsp3) is 0.700. The van der Waals surface area contributed by atoms with Gasteiger partial charge in [0.2, 0.25) is 0 Å². The average molecular weight is 227 g/mol. The zero-order chi connectivity index (χ0) is 10.8. The van der Waals surface area contributed by atoms with Crippen molar-refractivity contribution in [1.82, 2.24) is 4.98 Å². The van der Waals surface area contributed by atoms with Crippen LogP contribution in [-0.2, 0) is 4.74 Å². The van der Waals surface area contributed by atoms with Crippen LogP contribution in [0.2, 0.25) is 0 Å². The van der Waals surface area contributed by atoms with Gasteiger partial charge in [-0.15, -0.1) is 11.3 Å². The maximum Gasteiger partial charge on any atom is 0.185 e. The van der Waals surface area contributed by atoms with Gasteiger partial charge in [-0.1, -0.05) is 0 Å². The highest BCUT2D eigenvalue weighted by molar-refractivity contribution is 7.13. The molecule has 2 heterocycles. The van der Waals surface area contributed by atoms with E-state index in [1.54, 1.807) is 11.3 Å². The molecule has 0 aliphatic carbocycles. The van der Waals surface area contributed by atoms with Crippen molar-refractivity contribution < 1.29 is 4.74 Å². The third-order valence-electron chi connectivity index (χ3n) is 2.62. The number of thiazole rings is 1. The van der Waals surface area contributed by atoms with Crippen molar-refractivity contribution in [3.63, 3.8) is 0 Å². The average Bonchev–Trinajstić information content (AvgIpc) is 2.65. The first-order valence-corrected chi connectivity index (χ1v) is 6.09. The molecule has 1 aliphatic rings. The van der Waals surface area contributed by atoms with Crippen LogP contribution in [0.5, 0.6) is 0 Å². The lowest BCUT2D eigenvalue weighted by molar-refractivity contribution is 0.0283. The molecule has 1 aromatic rings. The molecule has 1 aromatic heterocycles. The normalized spacial score (nSPS) is 27.0. The van der Waals surface area contributed by atoms with E-state index < -0.39 is 0 Å². The highest BCUT2D eigenvalue weighted by Crippen LogP contribution is 2.25. The first-order chi connectivity index (χ1) is 7.20. The zero-order valence-corrected chi connectivity index (χ0v) is 9.96. The monoisotopic (exact) mass is 227 g/mol. The Morgan fingerprint density at radius 2 is 2.53 bits per heavy atom. The van der Waals surface area contributed by atoms with Crippen LogP contribution in [0.15, 0.2) is 5.38 Å². The molecule has 0 amide bonds. The number of morpholine rings is 1. The highest BCUT2D eigenvalue weighted by atomic mass is 32.1. The summed E-state index contributed by atoms with van der Waals surface area (Å²) in [5, 5.41) is 3.16. The molecular formula is C10H17N3OS. The van der Waals surface area contributed by atoms with Gasteiger partial charge in [0.25, 0.3) is 0 Å². The number of nitrogens with two attached hydrogens (primary N) is 1. The standard InChI is InChI=1S/C10H17N3OS/c1-7-6-15-10(12-7)13-4-9(3-11)14-5-8(13)2/h6,8-9H,3-5,11H2,1-2H3. The van der Waals surface area contributed by atoms with Gasteiger partial charge in [0, 0.05) is 18.5 Å². The first kappa shape index (κ1) is 10.9. The van der Waals surface area contributed by atoms with Gasteiger partial charge in [-0.3, -0.25) is 0 Å². The first-order valence-electron chi connectivity index (χ1n) is 5.21. The summed E-state index contributed by atoms with van der Waals surface area (Å²) in [5.41, 5.74) is 6.71. The van der Waals surface area contributed by atoms with Crippen molar-refractivity contribution in [1.29, 1.82) is 0 Å². The zero-order valence-electron chi connectivity index (χ0n) is 9.14. The van der Waals surface area contributed by atoms with Gasteiger partial charge in [-0.25, -0.2) is 4.98 Å². The van der Waals surface area contributed by atoms with Crippen LogP contribution >= 0.6 is 11.3 Å². The van der Waals surface area contributed by atoms with Crippen LogP contribution < -0.4 is 10.6 Å². The van der Waals surface area contributed by atoms with Gasteiger partial charge in [0.15, 0.2) is 5.13 Å². The molecule has 0 bridgehead atoms. The van der Waals surface area contributed by atoms with E-state index in [-0.39, 0.29) is 6.10 Å². The number of aryl methyl sites for hydroxylation is 1. The molecule has 2 atom stereocenters. The summed E-state index contributed by atoms with van der Waals surface area (Å²) in [6.07, 6.45) is 0.144. The van der Waals surface area contributed by atoms with E-state index in [0.29, 0.717) is 12.6 Å². The SMILES string of the molecule is Cc1csc(N2CC(CN)OCC2C)n1. The van der Waals surface area contributed by atoms with E-state index in [4.69, 9.17) is 10.5 Å². The Morgan fingerprint density at radius 1 is 1.73 bits per heavy atom. The molecule has 2 N–H and O–H groups in total. The Balaban J connectivity index is 2.12. The number of ether oxygens (including phenoxy) is 1. The number of hydrogen-bond donors (Lipinski definition) is 1. The van der Waals surface area contributed by atoms with Crippen molar-refractivity contribution in [2.75, 3.05) is 24.6 Å². The maximum absolute atomic E-state index is 5.63. The third kappa shape index (κ3) is 2.30. The van der Waals surface area contributed by atoms with Crippen molar-refractivity contribution in [3.8, 4) is 0 Å². The molecule has 4 nitrogen and oxygen atoms in total. The predicted octanol–water partition coefficient (Wildman–Crippen LogP) is 1.00. The second-order valence-corrected chi connectivity index (χ2v) is 4.80. The summed E-state index contributed by atoms with van der Waals surface area (Å²) in [6.45, 7) is 6.34. The van der Waals surface area contributed by atoms with Crippen molar-refractivity contribution in [3.05, 3.63) is 11.1 Å². The summed E-state index contributed by atoms with van der Waals surface area (Å²) in [7, 11) is 0. The van der Waals surface area contributed by atoms with E-state index in [2.05, 4.69) is 22.2 Å².